The highest BCUT2D eigenvalue weighted by atomic mass is 16.5. The van der Waals surface area contributed by atoms with Crippen LogP contribution in [-0.4, -0.2) is 5.97 Å². The molecule has 18 heavy (non-hydrogen) atoms. The Morgan fingerprint density at radius 1 is 1.06 bits per heavy atom. The Hall–Kier alpha value is -2.09. The van der Waals surface area contributed by atoms with E-state index in [9.17, 15) is 4.79 Å². The second kappa shape index (κ2) is 5.05. The summed E-state index contributed by atoms with van der Waals surface area (Å²) < 4.78 is 5.16. The number of carbonyl (C=O) groups is 1. The summed E-state index contributed by atoms with van der Waals surface area (Å²) in [7, 11) is 0. The lowest BCUT2D eigenvalue weighted by atomic mass is 9.99. The highest BCUT2D eigenvalue weighted by Gasteiger charge is 2.06. The molecule has 0 saturated heterocycles. The minimum absolute atomic E-state index is 0.295. The van der Waals surface area contributed by atoms with Crippen molar-refractivity contribution >= 4 is 5.97 Å². The summed E-state index contributed by atoms with van der Waals surface area (Å²) in [4.78, 5) is 11.0. The predicted octanol–water partition coefficient (Wildman–Crippen LogP) is 3.90. The van der Waals surface area contributed by atoms with Gasteiger partial charge in [0.05, 0.1) is 0 Å². The maximum atomic E-state index is 11.0. The molecule has 0 bridgehead atoms. The van der Waals surface area contributed by atoms with Gasteiger partial charge in [-0.1, -0.05) is 30.3 Å². The van der Waals surface area contributed by atoms with Crippen molar-refractivity contribution in [2.75, 3.05) is 0 Å². The number of aryl methyl sites for hydroxylation is 2. The van der Waals surface area contributed by atoms with Crippen LogP contribution in [0.15, 0.2) is 42.5 Å². The van der Waals surface area contributed by atoms with E-state index >= 15 is 0 Å². The van der Waals surface area contributed by atoms with Crippen LogP contribution in [0.2, 0.25) is 0 Å². The minimum atomic E-state index is -0.295. The third-order valence-corrected chi connectivity index (χ3v) is 2.77. The van der Waals surface area contributed by atoms with E-state index in [1.54, 1.807) is 0 Å². The first-order valence-corrected chi connectivity index (χ1v) is 5.92. The Bertz CT molecular complexity index is 585. The van der Waals surface area contributed by atoms with Crippen molar-refractivity contribution in [2.24, 2.45) is 0 Å². The molecule has 0 radical (unpaired) electrons. The molecule has 0 amide bonds. The average Bonchev–Trinajstić information content (AvgIpc) is 2.27. The first kappa shape index (κ1) is 12.4. The van der Waals surface area contributed by atoms with Gasteiger partial charge in [0.25, 0.3) is 0 Å². The van der Waals surface area contributed by atoms with Gasteiger partial charge in [-0.25, -0.2) is 0 Å². The van der Waals surface area contributed by atoms with Gasteiger partial charge in [0.2, 0.25) is 0 Å². The van der Waals surface area contributed by atoms with E-state index in [1.807, 2.05) is 31.2 Å². The van der Waals surface area contributed by atoms with Crippen molar-refractivity contribution < 1.29 is 9.53 Å². The van der Waals surface area contributed by atoms with E-state index in [0.717, 1.165) is 16.7 Å². The minimum Gasteiger partial charge on any atom is -0.427 e. The Morgan fingerprint density at radius 3 is 2.44 bits per heavy atom. The van der Waals surface area contributed by atoms with Gasteiger partial charge in [0.15, 0.2) is 0 Å². The van der Waals surface area contributed by atoms with Crippen LogP contribution >= 0.6 is 0 Å². The summed E-state index contributed by atoms with van der Waals surface area (Å²) in [6.45, 7) is 5.48. The third-order valence-electron chi connectivity index (χ3n) is 2.77. The highest BCUT2D eigenvalue weighted by molar-refractivity contribution is 5.73. The Labute approximate surface area is 107 Å². The zero-order chi connectivity index (χ0) is 13.1. The fourth-order valence-electron chi connectivity index (χ4n) is 2.03. The van der Waals surface area contributed by atoms with Gasteiger partial charge in [-0.05, 0) is 48.2 Å². The first-order valence-electron chi connectivity index (χ1n) is 5.92. The third kappa shape index (κ3) is 2.77. The van der Waals surface area contributed by atoms with Crippen LogP contribution in [0, 0.1) is 13.8 Å². The number of ether oxygens (including phenoxy) is 1. The van der Waals surface area contributed by atoms with Crippen LogP contribution in [0.3, 0.4) is 0 Å². The molecular weight excluding hydrogens is 224 g/mol. The molecule has 2 rings (SSSR count). The summed E-state index contributed by atoms with van der Waals surface area (Å²) in [5.41, 5.74) is 4.52. The molecule has 92 valence electrons. The van der Waals surface area contributed by atoms with Gasteiger partial charge in [0.1, 0.15) is 5.75 Å². The van der Waals surface area contributed by atoms with Gasteiger partial charge in [0, 0.05) is 6.92 Å². The van der Waals surface area contributed by atoms with E-state index in [0.29, 0.717) is 5.75 Å². The maximum Gasteiger partial charge on any atom is 0.308 e. The van der Waals surface area contributed by atoms with E-state index in [1.165, 1.54) is 12.5 Å². The number of rotatable bonds is 2. The molecule has 2 heteroatoms. The molecule has 2 aromatic carbocycles. The normalized spacial score (nSPS) is 10.2. The zero-order valence-corrected chi connectivity index (χ0v) is 10.9. The molecule has 2 nitrogen and oxygen atoms in total. The molecule has 0 aromatic heterocycles. The van der Waals surface area contributed by atoms with Gasteiger partial charge in [-0.15, -0.1) is 0 Å². The number of carbonyl (C=O) groups excluding carboxylic acids is 1. The number of esters is 1. The molecule has 0 aliphatic heterocycles. The fourth-order valence-corrected chi connectivity index (χ4v) is 2.03. The molecule has 0 spiro atoms. The molecular formula is C16H16O2. The molecule has 0 atom stereocenters. The zero-order valence-electron chi connectivity index (χ0n) is 10.9. The smallest absolute Gasteiger partial charge is 0.308 e. The van der Waals surface area contributed by atoms with Crippen molar-refractivity contribution in [3.8, 4) is 16.9 Å². The number of benzene rings is 2. The molecule has 2 aromatic rings. The molecule has 0 saturated carbocycles. The van der Waals surface area contributed by atoms with Crippen LogP contribution in [0.25, 0.3) is 11.1 Å². The van der Waals surface area contributed by atoms with Gasteiger partial charge < -0.3 is 4.74 Å². The van der Waals surface area contributed by atoms with E-state index in [2.05, 4.69) is 25.1 Å². The fraction of sp³-hybridized carbons (Fsp3) is 0.188. The molecule has 0 aliphatic rings. The SMILES string of the molecule is CC(=O)Oc1cc(C)cc(-c2ccccc2C)c1. The lowest BCUT2D eigenvalue weighted by Gasteiger charge is -2.09. The van der Waals surface area contributed by atoms with Crippen LogP contribution in [0.4, 0.5) is 0 Å². The molecule has 0 N–H and O–H groups in total. The van der Waals surface area contributed by atoms with Crippen molar-refractivity contribution in [3.63, 3.8) is 0 Å². The second-order valence-corrected chi connectivity index (χ2v) is 4.44. The standard InChI is InChI=1S/C16H16O2/c1-11-8-14(10-15(9-11)18-13(3)17)16-7-5-4-6-12(16)2/h4-10H,1-3H3. The summed E-state index contributed by atoms with van der Waals surface area (Å²) >= 11 is 0. The van der Waals surface area contributed by atoms with Gasteiger partial charge in [-0.3, -0.25) is 4.79 Å². The van der Waals surface area contributed by atoms with Crippen LogP contribution in [-0.2, 0) is 4.79 Å². The lowest BCUT2D eigenvalue weighted by Crippen LogP contribution is -2.01. The van der Waals surface area contributed by atoms with E-state index < -0.39 is 0 Å². The topological polar surface area (TPSA) is 26.3 Å². The van der Waals surface area contributed by atoms with Gasteiger partial charge >= 0.3 is 5.97 Å². The van der Waals surface area contributed by atoms with Crippen LogP contribution in [0.5, 0.6) is 5.75 Å². The monoisotopic (exact) mass is 240 g/mol. The van der Waals surface area contributed by atoms with Crippen molar-refractivity contribution in [2.45, 2.75) is 20.8 Å². The van der Waals surface area contributed by atoms with Gasteiger partial charge in [-0.2, -0.15) is 0 Å². The maximum absolute atomic E-state index is 11.0. The summed E-state index contributed by atoms with van der Waals surface area (Å²) in [5, 5.41) is 0. The number of hydrogen-bond acceptors (Lipinski definition) is 2. The Morgan fingerprint density at radius 2 is 1.78 bits per heavy atom. The van der Waals surface area contributed by atoms with Crippen LogP contribution in [0.1, 0.15) is 18.1 Å². The average molecular weight is 240 g/mol. The summed E-state index contributed by atoms with van der Waals surface area (Å²) in [6, 6.07) is 14.0. The molecule has 0 unspecified atom stereocenters. The Kier molecular flexibility index (Phi) is 3.47. The van der Waals surface area contributed by atoms with E-state index in [4.69, 9.17) is 4.74 Å². The highest BCUT2D eigenvalue weighted by Crippen LogP contribution is 2.28. The van der Waals surface area contributed by atoms with Crippen molar-refractivity contribution in [1.29, 1.82) is 0 Å². The quantitative estimate of drug-likeness (QED) is 0.588. The van der Waals surface area contributed by atoms with Crippen molar-refractivity contribution in [1.82, 2.24) is 0 Å². The number of hydrogen-bond donors (Lipinski definition) is 0. The van der Waals surface area contributed by atoms with E-state index in [-0.39, 0.29) is 5.97 Å². The van der Waals surface area contributed by atoms with Crippen molar-refractivity contribution in [3.05, 3.63) is 53.6 Å². The molecule has 0 aliphatic carbocycles. The Balaban J connectivity index is 2.48. The lowest BCUT2D eigenvalue weighted by molar-refractivity contribution is -0.131. The molecule has 0 fully saturated rings. The summed E-state index contributed by atoms with van der Waals surface area (Å²) in [6.07, 6.45) is 0. The largest absolute Gasteiger partial charge is 0.427 e. The van der Waals surface area contributed by atoms with Crippen LogP contribution < -0.4 is 4.74 Å². The summed E-state index contributed by atoms with van der Waals surface area (Å²) in [5.74, 6) is 0.303. The first-order chi connectivity index (χ1) is 8.56. The predicted molar refractivity (Wildman–Crippen MR) is 72.7 cm³/mol. The second-order valence-electron chi connectivity index (χ2n) is 4.44. The molecule has 0 heterocycles.